The first-order valence-corrected chi connectivity index (χ1v) is 20.3. The first kappa shape index (κ1) is 32.8. The predicted molar refractivity (Wildman–Crippen MR) is 242 cm³/mol. The third kappa shape index (κ3) is 4.62. The molecule has 3 nitrogen and oxygen atoms in total. The van der Waals surface area contributed by atoms with Crippen LogP contribution in [0.4, 0.5) is 34.1 Å². The van der Waals surface area contributed by atoms with Crippen LogP contribution in [0.15, 0.2) is 218 Å². The zero-order chi connectivity index (χ0) is 38.2. The van der Waals surface area contributed by atoms with Gasteiger partial charge in [0.15, 0.2) is 0 Å². The molecular formula is C55H39N3. The third-order valence-corrected chi connectivity index (χ3v) is 12.6. The molecule has 0 fully saturated rings. The molecule has 1 unspecified atom stereocenters. The number of fused-ring (bicyclic) bond motifs is 11. The Bertz CT molecular complexity index is 3120. The van der Waals surface area contributed by atoms with E-state index in [2.05, 4.69) is 227 Å². The van der Waals surface area contributed by atoms with E-state index >= 15 is 0 Å². The Morgan fingerprint density at radius 2 is 1.07 bits per heavy atom. The van der Waals surface area contributed by atoms with Crippen LogP contribution in [0.25, 0.3) is 33.1 Å². The average molecular weight is 742 g/mol. The summed E-state index contributed by atoms with van der Waals surface area (Å²) >= 11 is 0. The second-order valence-corrected chi connectivity index (χ2v) is 15.6. The summed E-state index contributed by atoms with van der Waals surface area (Å²) in [6.07, 6.45) is 6.79. The van der Waals surface area contributed by atoms with E-state index in [1.165, 1.54) is 66.6 Å². The van der Waals surface area contributed by atoms with Gasteiger partial charge in [0, 0.05) is 39.2 Å². The molecule has 1 spiro atoms. The van der Waals surface area contributed by atoms with Crippen LogP contribution in [0, 0.1) is 0 Å². The van der Waals surface area contributed by atoms with Crippen LogP contribution in [0.1, 0.15) is 35.1 Å². The van der Waals surface area contributed by atoms with Crippen LogP contribution < -0.4 is 9.80 Å². The van der Waals surface area contributed by atoms with Crippen LogP contribution in [-0.4, -0.2) is 4.57 Å². The molecule has 1 aromatic heterocycles. The van der Waals surface area contributed by atoms with Crippen molar-refractivity contribution in [3.8, 4) is 5.69 Å². The summed E-state index contributed by atoms with van der Waals surface area (Å²) in [5, 5.41) is 2.47. The number of hydrogen-bond donors (Lipinski definition) is 0. The summed E-state index contributed by atoms with van der Waals surface area (Å²) < 4.78 is 2.39. The number of anilines is 6. The number of aromatic nitrogens is 1. The zero-order valence-electron chi connectivity index (χ0n) is 32.0. The number of benzene rings is 8. The van der Waals surface area contributed by atoms with E-state index < -0.39 is 5.41 Å². The molecular weight excluding hydrogens is 703 g/mol. The van der Waals surface area contributed by atoms with Crippen molar-refractivity contribution < 1.29 is 0 Å². The number of rotatable bonds is 5. The minimum Gasteiger partial charge on any atom is -0.310 e. The molecule has 3 heteroatoms. The molecule has 1 aliphatic heterocycles. The standard InChI is InChI=1S/C55H39N3/c1-4-18-38(19-5-1)56(41-32-34-52-46(36-41)45-26-12-16-30-51(45)57(52)39-20-6-2-7-21-39)42-33-35-54-50(37-42)55(47-27-13-10-24-43(47)44-25-11-14-28-48(44)55)49-29-15-17-31-53(49)58(54)40-22-8-3-9-23-40/h1-13,15-27,29-37H,14,28H2. The fraction of sp³-hybridized carbons (Fsp3) is 0.0545. The number of nitrogens with zero attached hydrogens (tertiary/aromatic N) is 3. The van der Waals surface area contributed by atoms with Gasteiger partial charge >= 0.3 is 0 Å². The minimum atomic E-state index is -0.459. The van der Waals surface area contributed by atoms with Crippen molar-refractivity contribution >= 4 is 61.5 Å². The van der Waals surface area contributed by atoms with Crippen LogP contribution in [-0.2, 0) is 5.41 Å². The molecule has 274 valence electrons. The SMILES string of the molecule is C1=CC2=C(CC1)C1(c3ccccc32)c2ccccc2N(c2ccccc2)c2ccc(N(c3ccccc3)c3ccc4c(c3)c3ccccc3n4-c3ccccc3)cc21. The molecule has 0 saturated carbocycles. The first-order valence-electron chi connectivity index (χ1n) is 20.3. The van der Waals surface area contributed by atoms with Gasteiger partial charge in [-0.2, -0.15) is 0 Å². The van der Waals surface area contributed by atoms with Gasteiger partial charge in [-0.15, -0.1) is 0 Å². The van der Waals surface area contributed by atoms with E-state index in [-0.39, 0.29) is 0 Å². The second-order valence-electron chi connectivity index (χ2n) is 15.6. The summed E-state index contributed by atoms with van der Waals surface area (Å²) in [5.41, 5.74) is 18.3. The Morgan fingerprint density at radius 3 is 1.90 bits per heavy atom. The average Bonchev–Trinajstić information content (AvgIpc) is 3.78. The van der Waals surface area contributed by atoms with Crippen LogP contribution >= 0.6 is 0 Å². The van der Waals surface area contributed by atoms with E-state index in [1.807, 2.05) is 0 Å². The third-order valence-electron chi connectivity index (χ3n) is 12.6. The number of allylic oxidation sites excluding steroid dienone is 4. The van der Waals surface area contributed by atoms with E-state index in [0.717, 1.165) is 41.3 Å². The van der Waals surface area contributed by atoms with Crippen molar-refractivity contribution in [1.29, 1.82) is 0 Å². The van der Waals surface area contributed by atoms with Gasteiger partial charge in [-0.1, -0.05) is 127 Å². The Balaban J connectivity index is 1.15. The van der Waals surface area contributed by atoms with Gasteiger partial charge < -0.3 is 14.4 Å². The molecule has 1 atom stereocenters. The van der Waals surface area contributed by atoms with Crippen molar-refractivity contribution in [2.45, 2.75) is 18.3 Å². The molecule has 8 aromatic carbocycles. The number of hydrogen-bond acceptors (Lipinski definition) is 2. The molecule has 0 bridgehead atoms. The molecule has 2 heterocycles. The van der Waals surface area contributed by atoms with E-state index in [4.69, 9.17) is 0 Å². The smallest absolute Gasteiger partial charge is 0.0718 e. The molecule has 2 aliphatic carbocycles. The molecule has 12 rings (SSSR count). The second kappa shape index (κ2) is 12.8. The van der Waals surface area contributed by atoms with Crippen molar-refractivity contribution in [3.63, 3.8) is 0 Å². The van der Waals surface area contributed by atoms with Gasteiger partial charge in [0.1, 0.15) is 0 Å². The monoisotopic (exact) mass is 741 g/mol. The van der Waals surface area contributed by atoms with E-state index in [9.17, 15) is 0 Å². The lowest BCUT2D eigenvalue weighted by molar-refractivity contribution is 0.687. The lowest BCUT2D eigenvalue weighted by Gasteiger charge is -2.46. The highest BCUT2D eigenvalue weighted by molar-refractivity contribution is 6.11. The maximum Gasteiger partial charge on any atom is 0.0718 e. The zero-order valence-corrected chi connectivity index (χ0v) is 32.0. The summed E-state index contributed by atoms with van der Waals surface area (Å²) in [4.78, 5) is 4.93. The van der Waals surface area contributed by atoms with Gasteiger partial charge in [-0.25, -0.2) is 0 Å². The Morgan fingerprint density at radius 1 is 0.448 bits per heavy atom. The van der Waals surface area contributed by atoms with E-state index in [0.29, 0.717) is 0 Å². The summed E-state index contributed by atoms with van der Waals surface area (Å²) in [7, 11) is 0. The molecule has 0 amide bonds. The lowest BCUT2D eigenvalue weighted by Crippen LogP contribution is -2.37. The van der Waals surface area contributed by atoms with Gasteiger partial charge in [-0.05, 0) is 131 Å². The normalized spacial score (nSPS) is 16.4. The highest BCUT2D eigenvalue weighted by Gasteiger charge is 2.52. The molecule has 58 heavy (non-hydrogen) atoms. The Hall–Kier alpha value is -7.36. The predicted octanol–water partition coefficient (Wildman–Crippen LogP) is 14.5. The fourth-order valence-electron chi connectivity index (χ4n) is 10.4. The van der Waals surface area contributed by atoms with Crippen molar-refractivity contribution in [2.24, 2.45) is 0 Å². The lowest BCUT2D eigenvalue weighted by atomic mass is 9.62. The van der Waals surface area contributed by atoms with Crippen LogP contribution in [0.3, 0.4) is 0 Å². The molecule has 3 aliphatic rings. The van der Waals surface area contributed by atoms with Crippen LogP contribution in [0.5, 0.6) is 0 Å². The van der Waals surface area contributed by atoms with Gasteiger partial charge in [0.25, 0.3) is 0 Å². The Labute approximate surface area is 338 Å². The molecule has 0 radical (unpaired) electrons. The van der Waals surface area contributed by atoms with Crippen LogP contribution in [0.2, 0.25) is 0 Å². The van der Waals surface area contributed by atoms with E-state index in [1.54, 1.807) is 0 Å². The first-order chi connectivity index (χ1) is 28.8. The highest BCUT2D eigenvalue weighted by Crippen LogP contribution is 2.64. The quantitative estimate of drug-likeness (QED) is 0.174. The highest BCUT2D eigenvalue weighted by atomic mass is 15.2. The van der Waals surface area contributed by atoms with Gasteiger partial charge in [0.05, 0.1) is 27.8 Å². The Kier molecular flexibility index (Phi) is 7.27. The van der Waals surface area contributed by atoms with Gasteiger partial charge in [0.2, 0.25) is 0 Å². The molecule has 0 N–H and O–H groups in total. The minimum absolute atomic E-state index is 0.459. The summed E-state index contributed by atoms with van der Waals surface area (Å²) in [6.45, 7) is 0. The topological polar surface area (TPSA) is 11.4 Å². The molecule has 9 aromatic rings. The summed E-state index contributed by atoms with van der Waals surface area (Å²) in [5.74, 6) is 0. The van der Waals surface area contributed by atoms with Crippen molar-refractivity contribution in [1.82, 2.24) is 4.57 Å². The number of para-hydroxylation sites is 5. The summed E-state index contributed by atoms with van der Waals surface area (Å²) in [6, 6.07) is 73.7. The molecule has 0 saturated heterocycles. The van der Waals surface area contributed by atoms with Crippen molar-refractivity contribution in [2.75, 3.05) is 9.80 Å². The fourth-order valence-corrected chi connectivity index (χ4v) is 10.4. The maximum atomic E-state index is 2.51. The van der Waals surface area contributed by atoms with Gasteiger partial charge in [-0.3, -0.25) is 0 Å². The maximum absolute atomic E-state index is 2.51. The van der Waals surface area contributed by atoms with Crippen molar-refractivity contribution in [3.05, 3.63) is 240 Å². The largest absolute Gasteiger partial charge is 0.310 e.